The van der Waals surface area contributed by atoms with Crippen LogP contribution in [0.15, 0.2) is 42.5 Å². The number of hydrogen-bond acceptors (Lipinski definition) is 2. The van der Waals surface area contributed by atoms with Crippen LogP contribution in [0.25, 0.3) is 0 Å². The zero-order valence-corrected chi connectivity index (χ0v) is 12.7. The highest BCUT2D eigenvalue weighted by Gasteiger charge is 2.26. The van der Waals surface area contributed by atoms with E-state index in [1.807, 2.05) is 24.3 Å². The Kier molecular flexibility index (Phi) is 4.13. The Balaban J connectivity index is 1.81. The van der Waals surface area contributed by atoms with Gasteiger partial charge in [-0.3, -0.25) is 4.79 Å². The van der Waals surface area contributed by atoms with Crippen LogP contribution < -0.4 is 5.32 Å². The third kappa shape index (κ3) is 2.84. The highest BCUT2D eigenvalue weighted by atomic mass is 35.5. The smallest absolute Gasteiger partial charge is 0.231 e. The van der Waals surface area contributed by atoms with Gasteiger partial charge >= 0.3 is 0 Å². The lowest BCUT2D eigenvalue weighted by Gasteiger charge is -2.24. The van der Waals surface area contributed by atoms with Gasteiger partial charge in [0.15, 0.2) is 0 Å². The van der Waals surface area contributed by atoms with Crippen LogP contribution in [0.3, 0.4) is 0 Å². The average Bonchev–Trinajstić information content (AvgIpc) is 2.54. The van der Waals surface area contributed by atoms with E-state index in [9.17, 15) is 4.79 Å². The third-order valence-corrected chi connectivity index (χ3v) is 4.36. The van der Waals surface area contributed by atoms with Gasteiger partial charge in [-0.25, -0.2) is 0 Å². The summed E-state index contributed by atoms with van der Waals surface area (Å²) >= 11 is 6.01. The molecule has 1 N–H and O–H groups in total. The fraction of sp³-hybridized carbons (Fsp3) is 0.222. The molecular weight excluding hydrogens is 296 g/mol. The first-order valence-electron chi connectivity index (χ1n) is 7.27. The summed E-state index contributed by atoms with van der Waals surface area (Å²) in [5, 5.41) is 12.1. The van der Waals surface area contributed by atoms with Gasteiger partial charge in [0.1, 0.15) is 6.07 Å². The second-order valence-corrected chi connectivity index (χ2v) is 5.85. The van der Waals surface area contributed by atoms with Crippen LogP contribution in [-0.2, 0) is 11.2 Å². The van der Waals surface area contributed by atoms with E-state index in [2.05, 4.69) is 11.4 Å². The van der Waals surface area contributed by atoms with E-state index in [4.69, 9.17) is 16.9 Å². The topological polar surface area (TPSA) is 52.9 Å². The molecule has 0 saturated heterocycles. The van der Waals surface area contributed by atoms with Crippen molar-refractivity contribution in [2.24, 2.45) is 0 Å². The molecule has 22 heavy (non-hydrogen) atoms. The van der Waals surface area contributed by atoms with Crippen LogP contribution in [0.2, 0.25) is 5.02 Å². The van der Waals surface area contributed by atoms with Crippen molar-refractivity contribution in [1.82, 2.24) is 0 Å². The number of carbonyl (C=O) groups excluding carboxylic acids is 1. The van der Waals surface area contributed by atoms with Crippen LogP contribution in [0.1, 0.15) is 35.4 Å². The molecule has 2 aromatic carbocycles. The summed E-state index contributed by atoms with van der Waals surface area (Å²) in [6.45, 7) is 0. The standard InChI is InChI=1S/C18H15ClN2O/c19-17-10-14(9-8-13(17)11-20)21-18(22)16-7-3-5-12-4-1-2-6-15(12)16/h1-2,4,6,8-10,16H,3,5,7H2,(H,21,22). The molecule has 0 heterocycles. The van der Waals surface area contributed by atoms with Gasteiger partial charge in [0, 0.05) is 5.69 Å². The van der Waals surface area contributed by atoms with E-state index in [0.29, 0.717) is 16.3 Å². The molecule has 0 aliphatic heterocycles. The van der Waals surface area contributed by atoms with Gasteiger partial charge in [0.25, 0.3) is 0 Å². The van der Waals surface area contributed by atoms with E-state index in [1.165, 1.54) is 5.56 Å². The Hall–Kier alpha value is -2.31. The van der Waals surface area contributed by atoms with Crippen LogP contribution in [0.5, 0.6) is 0 Å². The highest BCUT2D eigenvalue weighted by Crippen LogP contribution is 2.32. The summed E-state index contributed by atoms with van der Waals surface area (Å²) in [5.74, 6) is -0.146. The zero-order valence-electron chi connectivity index (χ0n) is 12.0. The predicted molar refractivity (Wildman–Crippen MR) is 86.9 cm³/mol. The molecule has 3 rings (SSSR count). The van der Waals surface area contributed by atoms with E-state index >= 15 is 0 Å². The summed E-state index contributed by atoms with van der Waals surface area (Å²) in [5.41, 5.74) is 3.40. The molecule has 1 amide bonds. The number of halogens is 1. The molecule has 0 radical (unpaired) electrons. The number of hydrogen-bond donors (Lipinski definition) is 1. The maximum absolute atomic E-state index is 12.6. The molecule has 0 saturated carbocycles. The largest absolute Gasteiger partial charge is 0.326 e. The van der Waals surface area contributed by atoms with Crippen LogP contribution in [-0.4, -0.2) is 5.91 Å². The summed E-state index contributed by atoms with van der Waals surface area (Å²) in [6, 6.07) is 15.1. The van der Waals surface area contributed by atoms with Crippen molar-refractivity contribution >= 4 is 23.2 Å². The van der Waals surface area contributed by atoms with E-state index in [1.54, 1.807) is 18.2 Å². The molecule has 0 bridgehead atoms. The van der Waals surface area contributed by atoms with Gasteiger partial charge in [-0.15, -0.1) is 0 Å². The summed E-state index contributed by atoms with van der Waals surface area (Å²) in [6.07, 6.45) is 2.90. The molecule has 3 nitrogen and oxygen atoms in total. The number of amides is 1. The first-order valence-corrected chi connectivity index (χ1v) is 7.65. The van der Waals surface area contributed by atoms with Crippen LogP contribution >= 0.6 is 11.6 Å². The second-order valence-electron chi connectivity index (χ2n) is 5.44. The molecule has 0 spiro atoms. The monoisotopic (exact) mass is 310 g/mol. The Labute approximate surface area is 134 Å². The maximum Gasteiger partial charge on any atom is 0.231 e. The molecule has 1 aliphatic carbocycles. The fourth-order valence-electron chi connectivity index (χ4n) is 2.94. The number of rotatable bonds is 2. The number of anilines is 1. The minimum absolute atomic E-state index is 0.0204. The molecule has 0 aromatic heterocycles. The molecule has 110 valence electrons. The van der Waals surface area contributed by atoms with E-state index in [0.717, 1.165) is 24.8 Å². The predicted octanol–water partition coefficient (Wildman–Crippen LogP) is 4.27. The Morgan fingerprint density at radius 3 is 2.86 bits per heavy atom. The molecule has 2 aromatic rings. The van der Waals surface area contributed by atoms with Crippen LogP contribution in [0.4, 0.5) is 5.69 Å². The quantitative estimate of drug-likeness (QED) is 0.900. The number of nitrogens with zero attached hydrogens (tertiary/aromatic N) is 1. The number of carbonyl (C=O) groups is 1. The normalized spacial score (nSPS) is 16.5. The average molecular weight is 311 g/mol. The van der Waals surface area contributed by atoms with Gasteiger partial charge < -0.3 is 5.32 Å². The number of benzene rings is 2. The van der Waals surface area contributed by atoms with Crippen molar-refractivity contribution in [3.05, 3.63) is 64.2 Å². The van der Waals surface area contributed by atoms with Crippen molar-refractivity contribution in [1.29, 1.82) is 5.26 Å². The molecule has 1 unspecified atom stereocenters. The van der Waals surface area contributed by atoms with Gasteiger partial charge in [0.2, 0.25) is 5.91 Å². The van der Waals surface area contributed by atoms with E-state index < -0.39 is 0 Å². The number of nitriles is 1. The first kappa shape index (κ1) is 14.6. The van der Waals surface area contributed by atoms with Gasteiger partial charge in [-0.1, -0.05) is 35.9 Å². The SMILES string of the molecule is N#Cc1ccc(NC(=O)C2CCCc3ccccc32)cc1Cl. The minimum atomic E-state index is -0.126. The summed E-state index contributed by atoms with van der Waals surface area (Å²) in [7, 11) is 0. The molecular formula is C18H15ClN2O. The van der Waals surface area contributed by atoms with Gasteiger partial charge in [0.05, 0.1) is 16.5 Å². The van der Waals surface area contributed by atoms with Crippen molar-refractivity contribution in [2.75, 3.05) is 5.32 Å². The number of aryl methyl sites for hydroxylation is 1. The Bertz CT molecular complexity index is 764. The van der Waals surface area contributed by atoms with Crippen molar-refractivity contribution < 1.29 is 4.79 Å². The summed E-state index contributed by atoms with van der Waals surface area (Å²) in [4.78, 5) is 12.6. The molecule has 1 atom stereocenters. The van der Waals surface area contributed by atoms with E-state index in [-0.39, 0.29) is 11.8 Å². The molecule has 0 fully saturated rings. The Morgan fingerprint density at radius 1 is 1.27 bits per heavy atom. The molecule has 4 heteroatoms. The lowest BCUT2D eigenvalue weighted by Crippen LogP contribution is -2.24. The van der Waals surface area contributed by atoms with Crippen molar-refractivity contribution in [2.45, 2.75) is 25.2 Å². The zero-order chi connectivity index (χ0) is 15.5. The minimum Gasteiger partial charge on any atom is -0.326 e. The lowest BCUT2D eigenvalue weighted by molar-refractivity contribution is -0.117. The highest BCUT2D eigenvalue weighted by molar-refractivity contribution is 6.32. The Morgan fingerprint density at radius 2 is 2.09 bits per heavy atom. The maximum atomic E-state index is 12.6. The first-order chi connectivity index (χ1) is 10.7. The van der Waals surface area contributed by atoms with Crippen molar-refractivity contribution in [3.63, 3.8) is 0 Å². The number of nitrogens with one attached hydrogen (secondary N) is 1. The second kappa shape index (κ2) is 6.21. The lowest BCUT2D eigenvalue weighted by atomic mass is 9.82. The van der Waals surface area contributed by atoms with Crippen molar-refractivity contribution in [3.8, 4) is 6.07 Å². The molecule has 1 aliphatic rings. The summed E-state index contributed by atoms with van der Waals surface area (Å²) < 4.78 is 0. The number of fused-ring (bicyclic) bond motifs is 1. The van der Waals surface area contributed by atoms with Gasteiger partial charge in [-0.2, -0.15) is 5.26 Å². The van der Waals surface area contributed by atoms with Crippen LogP contribution in [0, 0.1) is 11.3 Å². The third-order valence-electron chi connectivity index (χ3n) is 4.04. The van der Waals surface area contributed by atoms with Gasteiger partial charge in [-0.05, 0) is 48.6 Å². The fourth-order valence-corrected chi connectivity index (χ4v) is 3.16.